The van der Waals surface area contributed by atoms with Crippen molar-refractivity contribution in [2.75, 3.05) is 13.1 Å². The molecule has 1 aliphatic rings. The van der Waals surface area contributed by atoms with E-state index in [4.69, 9.17) is 5.73 Å². The van der Waals surface area contributed by atoms with Crippen molar-refractivity contribution in [3.8, 4) is 0 Å². The maximum atomic E-state index is 13.3. The predicted molar refractivity (Wildman–Crippen MR) is 116 cm³/mol. The Labute approximate surface area is 179 Å². The SMILES string of the molecule is Cc1nn(CC(C)C)cc1S(=O)(=O)N1CC[C@@H](c2c(C(N)=O)sc3ncccc23)C1. The van der Waals surface area contributed by atoms with Gasteiger partial charge in [-0.05, 0) is 30.9 Å². The third-order valence-electron chi connectivity index (χ3n) is 5.36. The van der Waals surface area contributed by atoms with Crippen LogP contribution in [0.25, 0.3) is 10.2 Å². The first-order valence-corrected chi connectivity index (χ1v) is 12.2. The standard InChI is InChI=1S/C20H25N5O3S2/c1-12(2)9-24-11-16(13(3)23-24)30(27,28)25-8-6-14(10-25)17-15-5-4-7-22-20(15)29-18(17)19(21)26/h4-5,7,11-12,14H,6,8-10H2,1-3H3,(H2,21,26)/t14-/m1/s1. The van der Waals surface area contributed by atoms with Crippen molar-refractivity contribution < 1.29 is 13.2 Å². The molecule has 1 fully saturated rings. The molecule has 30 heavy (non-hydrogen) atoms. The van der Waals surface area contributed by atoms with Gasteiger partial charge in [0.1, 0.15) is 9.73 Å². The average Bonchev–Trinajstić information content (AvgIpc) is 3.37. The van der Waals surface area contributed by atoms with E-state index >= 15 is 0 Å². The van der Waals surface area contributed by atoms with Crippen LogP contribution in [0.3, 0.4) is 0 Å². The molecule has 0 aliphatic carbocycles. The molecule has 1 aliphatic heterocycles. The fourth-order valence-corrected chi connectivity index (χ4v) is 6.83. The van der Waals surface area contributed by atoms with Gasteiger partial charge in [-0.1, -0.05) is 19.9 Å². The van der Waals surface area contributed by atoms with Crippen molar-refractivity contribution in [1.82, 2.24) is 19.1 Å². The first kappa shape index (κ1) is 21.0. The lowest BCUT2D eigenvalue weighted by molar-refractivity contribution is 0.100. The van der Waals surface area contributed by atoms with Gasteiger partial charge in [0.05, 0.1) is 10.6 Å². The Morgan fingerprint density at radius 3 is 2.87 bits per heavy atom. The Kier molecular flexibility index (Phi) is 5.41. The molecule has 160 valence electrons. The molecule has 4 heterocycles. The Hall–Kier alpha value is -2.30. The van der Waals surface area contributed by atoms with Crippen LogP contribution in [0.15, 0.2) is 29.4 Å². The van der Waals surface area contributed by atoms with Crippen LogP contribution in [0.1, 0.15) is 47.1 Å². The van der Waals surface area contributed by atoms with Crippen molar-refractivity contribution in [3.05, 3.63) is 40.7 Å². The quantitative estimate of drug-likeness (QED) is 0.624. The van der Waals surface area contributed by atoms with Gasteiger partial charge >= 0.3 is 0 Å². The summed E-state index contributed by atoms with van der Waals surface area (Å²) >= 11 is 1.27. The van der Waals surface area contributed by atoms with Crippen molar-refractivity contribution in [2.24, 2.45) is 11.7 Å². The molecular formula is C20H25N5O3S2. The lowest BCUT2D eigenvalue weighted by Crippen LogP contribution is -2.29. The maximum Gasteiger partial charge on any atom is 0.259 e. The molecule has 3 aromatic heterocycles. The number of aryl methyl sites for hydroxylation is 1. The van der Waals surface area contributed by atoms with Crippen molar-refractivity contribution in [2.45, 2.75) is 44.6 Å². The highest BCUT2D eigenvalue weighted by Gasteiger charge is 2.37. The van der Waals surface area contributed by atoms with Gasteiger partial charge < -0.3 is 5.73 Å². The highest BCUT2D eigenvalue weighted by molar-refractivity contribution is 7.89. The van der Waals surface area contributed by atoms with E-state index in [-0.39, 0.29) is 10.8 Å². The van der Waals surface area contributed by atoms with Gasteiger partial charge in [-0.3, -0.25) is 9.48 Å². The van der Waals surface area contributed by atoms with Crippen molar-refractivity contribution in [1.29, 1.82) is 0 Å². The van der Waals surface area contributed by atoms with Crippen LogP contribution >= 0.6 is 11.3 Å². The fourth-order valence-electron chi connectivity index (χ4n) is 4.08. The van der Waals surface area contributed by atoms with Crippen LogP contribution < -0.4 is 5.73 Å². The van der Waals surface area contributed by atoms with Crippen LogP contribution in [0, 0.1) is 12.8 Å². The van der Waals surface area contributed by atoms with Crippen molar-refractivity contribution in [3.63, 3.8) is 0 Å². The summed E-state index contributed by atoms with van der Waals surface area (Å²) in [7, 11) is -3.67. The normalized spacial score (nSPS) is 17.9. The maximum absolute atomic E-state index is 13.3. The van der Waals surface area contributed by atoms with Gasteiger partial charge in [-0.15, -0.1) is 11.3 Å². The summed E-state index contributed by atoms with van der Waals surface area (Å²) in [5.74, 6) is -0.241. The summed E-state index contributed by atoms with van der Waals surface area (Å²) in [5, 5.41) is 5.26. The van der Waals surface area contributed by atoms with Crippen LogP contribution in [0.5, 0.6) is 0 Å². The lowest BCUT2D eigenvalue weighted by atomic mass is 9.96. The molecule has 8 nitrogen and oxygen atoms in total. The van der Waals surface area contributed by atoms with Gasteiger partial charge in [-0.2, -0.15) is 9.40 Å². The molecule has 0 spiro atoms. The third-order valence-corrected chi connectivity index (χ3v) is 8.47. The molecule has 0 unspecified atom stereocenters. The van der Waals surface area contributed by atoms with Gasteiger partial charge in [0.25, 0.3) is 5.91 Å². The second-order valence-corrected chi connectivity index (χ2v) is 11.0. The Morgan fingerprint density at radius 1 is 1.40 bits per heavy atom. The summed E-state index contributed by atoms with van der Waals surface area (Å²) in [6.07, 6.45) is 3.92. The Bertz CT molecular complexity index is 1210. The zero-order valence-electron chi connectivity index (χ0n) is 17.2. The number of primary amides is 1. The number of hydrogen-bond acceptors (Lipinski definition) is 6. The molecule has 1 saturated heterocycles. The summed E-state index contributed by atoms with van der Waals surface area (Å²) < 4.78 is 29.8. The Morgan fingerprint density at radius 2 is 2.17 bits per heavy atom. The van der Waals surface area contributed by atoms with Crippen LogP contribution in [-0.4, -0.2) is 46.5 Å². The molecule has 0 aromatic carbocycles. The number of hydrogen-bond donors (Lipinski definition) is 1. The molecule has 1 amide bonds. The number of rotatable bonds is 6. The molecule has 0 radical (unpaired) electrons. The summed E-state index contributed by atoms with van der Waals surface area (Å²) in [5.41, 5.74) is 6.94. The first-order chi connectivity index (χ1) is 14.2. The van der Waals surface area contributed by atoms with Gasteiger partial charge in [-0.25, -0.2) is 13.4 Å². The average molecular weight is 448 g/mol. The van der Waals surface area contributed by atoms with Crippen LogP contribution in [0.4, 0.5) is 0 Å². The van der Waals surface area contributed by atoms with E-state index in [0.29, 0.717) is 42.5 Å². The van der Waals surface area contributed by atoms with Crippen LogP contribution in [0.2, 0.25) is 0 Å². The number of thiophene rings is 1. The second kappa shape index (κ2) is 7.75. The van der Waals surface area contributed by atoms with Gasteiger partial charge in [0, 0.05) is 43.3 Å². The smallest absolute Gasteiger partial charge is 0.259 e. The number of carbonyl (C=O) groups is 1. The minimum Gasteiger partial charge on any atom is -0.365 e. The summed E-state index contributed by atoms with van der Waals surface area (Å²) in [6, 6.07) is 3.73. The van der Waals surface area contributed by atoms with Gasteiger partial charge in [0.2, 0.25) is 10.0 Å². The largest absolute Gasteiger partial charge is 0.365 e. The van der Waals surface area contributed by atoms with E-state index in [1.165, 1.54) is 15.6 Å². The number of nitrogens with two attached hydrogens (primary N) is 1. The predicted octanol–water partition coefficient (Wildman–Crippen LogP) is 2.73. The van der Waals surface area contributed by atoms with E-state index in [2.05, 4.69) is 23.9 Å². The van der Waals surface area contributed by atoms with E-state index in [1.54, 1.807) is 24.0 Å². The number of sulfonamides is 1. The van der Waals surface area contributed by atoms with E-state index in [0.717, 1.165) is 15.8 Å². The number of nitrogens with zero attached hydrogens (tertiary/aromatic N) is 4. The molecule has 2 N–H and O–H groups in total. The zero-order valence-corrected chi connectivity index (χ0v) is 18.8. The van der Waals surface area contributed by atoms with E-state index in [1.807, 2.05) is 12.1 Å². The van der Waals surface area contributed by atoms with Crippen molar-refractivity contribution >= 4 is 37.5 Å². The fraction of sp³-hybridized carbons (Fsp3) is 0.450. The number of aromatic nitrogens is 3. The highest BCUT2D eigenvalue weighted by Crippen LogP contribution is 2.40. The first-order valence-electron chi connectivity index (χ1n) is 9.90. The minimum atomic E-state index is -3.67. The topological polar surface area (TPSA) is 111 Å². The highest BCUT2D eigenvalue weighted by atomic mass is 32.2. The number of carbonyl (C=O) groups excluding carboxylic acids is 1. The van der Waals surface area contributed by atoms with Crippen LogP contribution in [-0.2, 0) is 16.6 Å². The van der Waals surface area contributed by atoms with E-state index < -0.39 is 15.9 Å². The minimum absolute atomic E-state index is 0.105. The number of amides is 1. The zero-order chi connectivity index (χ0) is 21.6. The van der Waals surface area contributed by atoms with E-state index in [9.17, 15) is 13.2 Å². The summed E-state index contributed by atoms with van der Waals surface area (Å²) in [4.78, 5) is 17.8. The molecule has 0 saturated carbocycles. The second-order valence-electron chi connectivity index (χ2n) is 8.11. The molecular weight excluding hydrogens is 422 g/mol. The molecule has 1 atom stereocenters. The number of pyridine rings is 1. The third kappa shape index (κ3) is 3.63. The van der Waals surface area contributed by atoms with Gasteiger partial charge in [0.15, 0.2) is 0 Å². The number of fused-ring (bicyclic) bond motifs is 1. The monoisotopic (exact) mass is 447 g/mol. The molecule has 0 bridgehead atoms. The Balaban J connectivity index is 1.65. The summed E-state index contributed by atoms with van der Waals surface area (Å²) in [6.45, 7) is 7.20. The molecule has 4 rings (SSSR count). The molecule has 3 aromatic rings. The molecule has 10 heteroatoms. The lowest BCUT2D eigenvalue weighted by Gasteiger charge is -2.16.